The van der Waals surface area contributed by atoms with Crippen molar-refractivity contribution in [3.63, 3.8) is 0 Å². The Morgan fingerprint density at radius 3 is 2.18 bits per heavy atom. The summed E-state index contributed by atoms with van der Waals surface area (Å²) < 4.78 is 6.46. The van der Waals surface area contributed by atoms with Gasteiger partial charge in [-0.05, 0) is 12.8 Å². The molecule has 0 saturated carbocycles. The predicted octanol–water partition coefficient (Wildman–Crippen LogP) is 1.86. The van der Waals surface area contributed by atoms with Crippen molar-refractivity contribution in [3.8, 4) is 0 Å². The van der Waals surface area contributed by atoms with E-state index in [2.05, 4.69) is 27.9 Å². The molecule has 0 aliphatic rings. The van der Waals surface area contributed by atoms with E-state index in [1.165, 1.54) is 13.0 Å². The molecule has 0 aromatic rings. The lowest BCUT2D eigenvalue weighted by Gasteiger charge is -2.28. The lowest BCUT2D eigenvalue weighted by Crippen LogP contribution is -2.42. The normalized spacial score (nSPS) is 12.0. The molecule has 0 aromatic heterocycles. The summed E-state index contributed by atoms with van der Waals surface area (Å²) >= 11 is 0. The summed E-state index contributed by atoms with van der Waals surface area (Å²) in [5.41, 5.74) is 0. The van der Waals surface area contributed by atoms with E-state index in [1.807, 2.05) is 0 Å². The maximum Gasteiger partial charge on any atom is 0.182 e. The first kappa shape index (κ1) is 10.9. The molecule has 0 fully saturated rings. The molecule has 0 aliphatic heterocycles. The summed E-state index contributed by atoms with van der Waals surface area (Å²) in [6, 6.07) is 0. The third-order valence-corrected chi connectivity index (χ3v) is 1.62. The molecule has 0 bridgehead atoms. The fraction of sp³-hybridized carbons (Fsp3) is 1.00. The smallest absolute Gasteiger partial charge is 0.182 e. The fourth-order valence-electron chi connectivity index (χ4n) is 1.13. The first-order valence-corrected chi connectivity index (χ1v) is 4.52. The first-order chi connectivity index (χ1) is 5.12. The lowest BCUT2D eigenvalue weighted by molar-refractivity contribution is -0.909. The molecule has 0 heterocycles. The van der Waals surface area contributed by atoms with Crippen molar-refractivity contribution < 1.29 is 9.22 Å². The third kappa shape index (κ3) is 6.32. The Bertz CT molecular complexity index is 91.6. The van der Waals surface area contributed by atoms with Crippen LogP contribution in [0.1, 0.15) is 26.7 Å². The van der Waals surface area contributed by atoms with E-state index in [0.29, 0.717) is 0 Å². The highest BCUT2D eigenvalue weighted by atomic mass is 16.5. The van der Waals surface area contributed by atoms with E-state index in [0.717, 1.165) is 24.2 Å². The van der Waals surface area contributed by atoms with Gasteiger partial charge in [-0.3, -0.25) is 0 Å². The monoisotopic (exact) mass is 160 g/mol. The zero-order chi connectivity index (χ0) is 8.74. The summed E-state index contributed by atoms with van der Waals surface area (Å²) in [6.45, 7) is 7.29. The zero-order valence-corrected chi connectivity index (χ0v) is 8.39. The van der Waals surface area contributed by atoms with E-state index in [9.17, 15) is 0 Å². The molecule has 68 valence electrons. The molecule has 2 nitrogen and oxygen atoms in total. The number of ether oxygens (including phenoxy) is 1. The number of rotatable bonds is 6. The molecular weight excluding hydrogens is 138 g/mol. The first-order valence-electron chi connectivity index (χ1n) is 4.52. The molecule has 0 aromatic carbocycles. The number of hydrogen-bond acceptors (Lipinski definition) is 1. The van der Waals surface area contributed by atoms with Crippen molar-refractivity contribution in [2.75, 3.05) is 34.0 Å². The average Bonchev–Trinajstić information content (AvgIpc) is 1.87. The maximum absolute atomic E-state index is 5.47. The van der Waals surface area contributed by atoms with Crippen molar-refractivity contribution in [2.45, 2.75) is 26.7 Å². The van der Waals surface area contributed by atoms with Gasteiger partial charge in [-0.15, -0.1) is 0 Å². The van der Waals surface area contributed by atoms with E-state index >= 15 is 0 Å². The van der Waals surface area contributed by atoms with Crippen LogP contribution in [0.15, 0.2) is 0 Å². The quantitative estimate of drug-likeness (QED) is 0.327. The van der Waals surface area contributed by atoms with Crippen molar-refractivity contribution in [3.05, 3.63) is 0 Å². The molecule has 2 heteroatoms. The summed E-state index contributed by atoms with van der Waals surface area (Å²) in [7, 11) is 4.42. The van der Waals surface area contributed by atoms with Crippen molar-refractivity contribution >= 4 is 0 Å². The fourth-order valence-corrected chi connectivity index (χ4v) is 1.13. The zero-order valence-electron chi connectivity index (χ0n) is 8.39. The Morgan fingerprint density at radius 2 is 1.73 bits per heavy atom. The van der Waals surface area contributed by atoms with Crippen LogP contribution in [-0.4, -0.2) is 38.5 Å². The summed E-state index contributed by atoms with van der Waals surface area (Å²) in [6.07, 6.45) is 2.34. The van der Waals surface area contributed by atoms with Gasteiger partial charge in [0.15, 0.2) is 6.73 Å². The van der Waals surface area contributed by atoms with Crippen molar-refractivity contribution in [2.24, 2.45) is 0 Å². The van der Waals surface area contributed by atoms with Gasteiger partial charge in [0.25, 0.3) is 0 Å². The molecule has 0 amide bonds. The second-order valence-electron chi connectivity index (χ2n) is 3.70. The van der Waals surface area contributed by atoms with E-state index < -0.39 is 0 Å². The largest absolute Gasteiger partial charge is 0.332 e. The summed E-state index contributed by atoms with van der Waals surface area (Å²) in [5, 5.41) is 0. The molecule has 0 aliphatic carbocycles. The van der Waals surface area contributed by atoms with Gasteiger partial charge in [0.1, 0.15) is 0 Å². The molecule has 0 saturated heterocycles. The van der Waals surface area contributed by atoms with Crippen LogP contribution in [0.2, 0.25) is 0 Å². The molecule has 0 spiro atoms. The van der Waals surface area contributed by atoms with Gasteiger partial charge in [0.2, 0.25) is 0 Å². The lowest BCUT2D eigenvalue weighted by atomic mass is 10.4. The van der Waals surface area contributed by atoms with Crippen LogP contribution in [0.4, 0.5) is 0 Å². The Kier molecular flexibility index (Phi) is 5.51. The highest BCUT2D eigenvalue weighted by Gasteiger charge is 2.12. The van der Waals surface area contributed by atoms with Crippen molar-refractivity contribution in [1.29, 1.82) is 0 Å². The Balaban J connectivity index is 3.38. The number of nitrogens with zero attached hydrogens (tertiary/aromatic N) is 1. The molecule has 0 radical (unpaired) electrons. The minimum atomic E-state index is 0.849. The molecule has 0 rings (SSSR count). The Labute approximate surface area is 70.7 Å². The molecule has 0 N–H and O–H groups in total. The third-order valence-electron chi connectivity index (χ3n) is 1.62. The van der Waals surface area contributed by atoms with Crippen LogP contribution in [0.5, 0.6) is 0 Å². The molecular formula is C9H22NO+. The second kappa shape index (κ2) is 5.56. The van der Waals surface area contributed by atoms with Gasteiger partial charge in [0, 0.05) is 0 Å². The SMILES string of the molecule is CCCOC[N+](C)(C)CCC. The minimum absolute atomic E-state index is 0.849. The molecule has 0 atom stereocenters. The Hall–Kier alpha value is -0.0800. The van der Waals surface area contributed by atoms with E-state index in [-0.39, 0.29) is 0 Å². The predicted molar refractivity (Wildman–Crippen MR) is 48.4 cm³/mol. The average molecular weight is 160 g/mol. The van der Waals surface area contributed by atoms with E-state index in [1.54, 1.807) is 0 Å². The topological polar surface area (TPSA) is 9.23 Å². The highest BCUT2D eigenvalue weighted by molar-refractivity contribution is 4.26. The number of quaternary nitrogens is 1. The van der Waals surface area contributed by atoms with Gasteiger partial charge in [-0.1, -0.05) is 13.8 Å². The van der Waals surface area contributed by atoms with Crippen molar-refractivity contribution in [1.82, 2.24) is 0 Å². The molecule has 0 unspecified atom stereocenters. The van der Waals surface area contributed by atoms with Crippen LogP contribution in [0.3, 0.4) is 0 Å². The van der Waals surface area contributed by atoms with Gasteiger partial charge in [0.05, 0.1) is 27.2 Å². The maximum atomic E-state index is 5.47. The summed E-state index contributed by atoms with van der Waals surface area (Å²) in [5.74, 6) is 0. The number of hydrogen-bond donors (Lipinski definition) is 0. The standard InChI is InChI=1S/C9H22NO/c1-5-7-10(3,4)9-11-8-6-2/h5-9H2,1-4H3/q+1. The highest BCUT2D eigenvalue weighted by Crippen LogP contribution is 1.99. The van der Waals surface area contributed by atoms with Crippen LogP contribution < -0.4 is 0 Å². The van der Waals surface area contributed by atoms with Gasteiger partial charge < -0.3 is 9.22 Å². The Morgan fingerprint density at radius 1 is 1.09 bits per heavy atom. The van der Waals surface area contributed by atoms with Crippen LogP contribution in [-0.2, 0) is 4.74 Å². The van der Waals surface area contributed by atoms with Gasteiger partial charge in [-0.25, -0.2) is 0 Å². The summed E-state index contributed by atoms with van der Waals surface area (Å²) in [4.78, 5) is 0. The minimum Gasteiger partial charge on any atom is -0.332 e. The van der Waals surface area contributed by atoms with Gasteiger partial charge in [-0.2, -0.15) is 0 Å². The van der Waals surface area contributed by atoms with Crippen LogP contribution >= 0.6 is 0 Å². The molecule has 11 heavy (non-hydrogen) atoms. The second-order valence-corrected chi connectivity index (χ2v) is 3.70. The van der Waals surface area contributed by atoms with Crippen LogP contribution in [0.25, 0.3) is 0 Å². The van der Waals surface area contributed by atoms with Crippen LogP contribution in [0, 0.1) is 0 Å². The van der Waals surface area contributed by atoms with Gasteiger partial charge >= 0.3 is 0 Å². The van der Waals surface area contributed by atoms with E-state index in [4.69, 9.17) is 4.74 Å².